The Hall–Kier alpha value is -1.60. The first kappa shape index (κ1) is 15.8. The van der Waals surface area contributed by atoms with Gasteiger partial charge in [-0.25, -0.2) is 0 Å². The second-order valence-electron chi connectivity index (χ2n) is 6.12. The number of carbonyl (C=O) groups is 1. The number of thiophene rings is 1. The van der Waals surface area contributed by atoms with Crippen molar-refractivity contribution in [1.29, 1.82) is 0 Å². The molecule has 3 N–H and O–H groups in total. The minimum absolute atomic E-state index is 0.113. The summed E-state index contributed by atoms with van der Waals surface area (Å²) in [5.41, 5.74) is 7.41. The van der Waals surface area contributed by atoms with Gasteiger partial charge in [-0.2, -0.15) is 5.10 Å². The van der Waals surface area contributed by atoms with Crippen LogP contribution >= 0.6 is 11.3 Å². The van der Waals surface area contributed by atoms with Crippen molar-refractivity contribution in [2.75, 3.05) is 26.4 Å². The number of nitrogen functional groups attached to an aromatic ring is 1. The van der Waals surface area contributed by atoms with Crippen LogP contribution in [0.4, 0.5) is 5.69 Å². The number of aromatic nitrogens is 2. The van der Waals surface area contributed by atoms with E-state index in [0.717, 1.165) is 15.9 Å². The second-order valence-corrected chi connectivity index (χ2v) is 7.12. The van der Waals surface area contributed by atoms with E-state index < -0.39 is 0 Å². The molecule has 0 aliphatic carbocycles. The topological polar surface area (TPSA) is 76.2 Å². The number of nitrogens with one attached hydrogen (secondary N) is 1. The molecule has 0 saturated heterocycles. The molecule has 0 unspecified atom stereocenters. The van der Waals surface area contributed by atoms with Crippen LogP contribution in [0.1, 0.15) is 29.2 Å². The van der Waals surface area contributed by atoms with Gasteiger partial charge in [0.2, 0.25) is 0 Å². The summed E-state index contributed by atoms with van der Waals surface area (Å²) in [7, 11) is 5.85. The molecule has 0 spiro atoms. The minimum atomic E-state index is -0.122. The predicted molar refractivity (Wildman–Crippen MR) is 87.8 cm³/mol. The molecule has 0 radical (unpaired) electrons. The van der Waals surface area contributed by atoms with E-state index >= 15 is 0 Å². The Morgan fingerprint density at radius 1 is 1.48 bits per heavy atom. The number of hydrogen-bond donors (Lipinski definition) is 2. The second kappa shape index (κ2) is 5.31. The number of aryl methyl sites for hydroxylation is 2. The van der Waals surface area contributed by atoms with Crippen LogP contribution in [0, 0.1) is 6.92 Å². The molecular weight excluding hydrogens is 286 g/mol. The summed E-state index contributed by atoms with van der Waals surface area (Å²) in [6.45, 7) is 6.62. The molecule has 6 nitrogen and oxygen atoms in total. The average Bonchev–Trinajstić information content (AvgIpc) is 2.86. The molecule has 0 aromatic carbocycles. The number of likely N-dealkylation sites (N-methyl/N-ethyl adjacent to an activating group) is 1. The van der Waals surface area contributed by atoms with Gasteiger partial charge >= 0.3 is 0 Å². The van der Waals surface area contributed by atoms with Crippen molar-refractivity contribution in [2.24, 2.45) is 7.05 Å². The van der Waals surface area contributed by atoms with Crippen molar-refractivity contribution in [3.63, 3.8) is 0 Å². The molecule has 0 aliphatic heterocycles. The van der Waals surface area contributed by atoms with E-state index in [1.165, 1.54) is 11.3 Å². The average molecular weight is 309 g/mol. The first-order valence-electron chi connectivity index (χ1n) is 6.82. The number of fused-ring (bicyclic) bond motifs is 1. The Morgan fingerprint density at radius 3 is 2.62 bits per heavy atom. The van der Waals surface area contributed by atoms with Gasteiger partial charge in [0.1, 0.15) is 9.71 Å². The van der Waals surface area contributed by atoms with Crippen LogP contribution in [-0.2, 0) is 7.05 Å². The number of nitrogens with two attached hydrogens (primary N) is 1. The number of nitrogens with zero attached hydrogens (tertiary/aromatic N) is 3. The maximum atomic E-state index is 12.4. The Morgan fingerprint density at radius 2 is 2.10 bits per heavy atom. The van der Waals surface area contributed by atoms with Crippen molar-refractivity contribution in [3.8, 4) is 0 Å². The standard InChI is InChI=1S/C14H23N5OS/c1-8-9-10(15)11(21-13(9)19(6)17-8)12(20)16-7-14(2,3)18(4)5/h7,15H2,1-6H3,(H,16,20). The van der Waals surface area contributed by atoms with Crippen LogP contribution in [0.3, 0.4) is 0 Å². The lowest BCUT2D eigenvalue weighted by Gasteiger charge is -2.32. The quantitative estimate of drug-likeness (QED) is 0.899. The summed E-state index contributed by atoms with van der Waals surface area (Å²) < 4.78 is 1.77. The van der Waals surface area contributed by atoms with E-state index in [1.807, 2.05) is 28.1 Å². The highest BCUT2D eigenvalue weighted by atomic mass is 32.1. The highest BCUT2D eigenvalue weighted by molar-refractivity contribution is 7.21. The first-order chi connectivity index (χ1) is 9.65. The highest BCUT2D eigenvalue weighted by Gasteiger charge is 2.24. The SMILES string of the molecule is Cc1nn(C)c2sc(C(=O)NCC(C)(C)N(C)C)c(N)c12. The van der Waals surface area contributed by atoms with Crippen molar-refractivity contribution >= 4 is 33.1 Å². The zero-order valence-corrected chi connectivity index (χ0v) is 14.3. The number of amides is 1. The Balaban J connectivity index is 2.25. The van der Waals surface area contributed by atoms with Crippen molar-refractivity contribution in [2.45, 2.75) is 26.3 Å². The third-order valence-electron chi connectivity index (χ3n) is 3.98. The van der Waals surface area contributed by atoms with Crippen molar-refractivity contribution < 1.29 is 4.79 Å². The van der Waals surface area contributed by atoms with Gasteiger partial charge in [-0.15, -0.1) is 11.3 Å². The summed E-state index contributed by atoms with van der Waals surface area (Å²) in [5, 5.41) is 8.19. The summed E-state index contributed by atoms with van der Waals surface area (Å²) in [6, 6.07) is 0. The van der Waals surface area contributed by atoms with E-state index in [0.29, 0.717) is 17.1 Å². The van der Waals surface area contributed by atoms with Crippen LogP contribution < -0.4 is 11.1 Å². The number of rotatable bonds is 4. The molecule has 116 valence electrons. The Kier molecular flexibility index (Phi) is 3.99. The highest BCUT2D eigenvalue weighted by Crippen LogP contribution is 2.35. The summed E-state index contributed by atoms with van der Waals surface area (Å²) in [5.74, 6) is -0.122. The molecule has 2 rings (SSSR count). The minimum Gasteiger partial charge on any atom is -0.397 e. The van der Waals surface area contributed by atoms with Crippen LogP contribution in [0.25, 0.3) is 10.2 Å². The fourth-order valence-electron chi connectivity index (χ4n) is 2.03. The molecule has 7 heteroatoms. The molecule has 1 amide bonds. The van der Waals surface area contributed by atoms with E-state index in [2.05, 4.69) is 29.2 Å². The van der Waals surface area contributed by atoms with Gasteiger partial charge in [0.25, 0.3) is 5.91 Å². The van der Waals surface area contributed by atoms with Crippen LogP contribution in [-0.4, -0.2) is 46.8 Å². The number of carbonyl (C=O) groups excluding carboxylic acids is 1. The van der Waals surface area contributed by atoms with E-state index in [4.69, 9.17) is 5.73 Å². The van der Waals surface area contributed by atoms with Crippen molar-refractivity contribution in [1.82, 2.24) is 20.0 Å². The van der Waals surface area contributed by atoms with Gasteiger partial charge in [0.05, 0.1) is 16.8 Å². The molecule has 2 aromatic heterocycles. The normalized spacial score (nSPS) is 12.3. The molecule has 2 aromatic rings. The molecule has 0 saturated carbocycles. The van der Waals surface area contributed by atoms with E-state index in [-0.39, 0.29) is 11.4 Å². The lowest BCUT2D eigenvalue weighted by atomic mass is 10.0. The lowest BCUT2D eigenvalue weighted by molar-refractivity contribution is 0.0924. The van der Waals surface area contributed by atoms with Crippen LogP contribution in [0.5, 0.6) is 0 Å². The third-order valence-corrected chi connectivity index (χ3v) is 5.25. The van der Waals surface area contributed by atoms with Gasteiger partial charge in [0.15, 0.2) is 0 Å². The molecule has 21 heavy (non-hydrogen) atoms. The lowest BCUT2D eigenvalue weighted by Crippen LogP contribution is -2.48. The smallest absolute Gasteiger partial charge is 0.263 e. The van der Waals surface area contributed by atoms with Crippen molar-refractivity contribution in [3.05, 3.63) is 10.6 Å². The molecule has 0 fully saturated rings. The first-order valence-corrected chi connectivity index (χ1v) is 7.64. The maximum absolute atomic E-state index is 12.4. The molecular formula is C14H23N5OS. The molecule has 0 aliphatic rings. The summed E-state index contributed by atoms with van der Waals surface area (Å²) >= 11 is 1.39. The summed E-state index contributed by atoms with van der Waals surface area (Å²) in [6.07, 6.45) is 0. The van der Waals surface area contributed by atoms with Gasteiger partial charge in [-0.05, 0) is 34.9 Å². The van der Waals surface area contributed by atoms with E-state index in [1.54, 1.807) is 4.68 Å². The fourth-order valence-corrected chi connectivity index (χ4v) is 3.14. The zero-order valence-electron chi connectivity index (χ0n) is 13.4. The third kappa shape index (κ3) is 2.75. The molecule has 2 heterocycles. The largest absolute Gasteiger partial charge is 0.397 e. The van der Waals surface area contributed by atoms with E-state index in [9.17, 15) is 4.79 Å². The van der Waals surface area contributed by atoms with Gasteiger partial charge in [-0.1, -0.05) is 0 Å². The van der Waals surface area contributed by atoms with Crippen LogP contribution in [0.15, 0.2) is 0 Å². The molecule has 0 atom stereocenters. The number of anilines is 1. The van der Waals surface area contributed by atoms with Gasteiger partial charge in [0, 0.05) is 19.1 Å². The maximum Gasteiger partial charge on any atom is 0.263 e. The zero-order chi connectivity index (χ0) is 15.9. The number of hydrogen-bond acceptors (Lipinski definition) is 5. The fraction of sp³-hybridized carbons (Fsp3) is 0.571. The predicted octanol–water partition coefficient (Wildman–Crippen LogP) is 1.60. The Labute approximate surface area is 128 Å². The summed E-state index contributed by atoms with van der Waals surface area (Å²) in [4.78, 5) is 16.0. The molecule has 0 bridgehead atoms. The Bertz CT molecular complexity index is 683. The van der Waals surface area contributed by atoms with Crippen LogP contribution in [0.2, 0.25) is 0 Å². The van der Waals surface area contributed by atoms with Gasteiger partial charge in [-0.3, -0.25) is 9.48 Å². The monoisotopic (exact) mass is 309 g/mol. The van der Waals surface area contributed by atoms with Gasteiger partial charge < -0.3 is 16.0 Å².